The molecule has 0 fully saturated rings. The van der Waals surface area contributed by atoms with Gasteiger partial charge in [-0.2, -0.15) is 0 Å². The van der Waals surface area contributed by atoms with Crippen LogP contribution in [0.25, 0.3) is 0 Å². The molecule has 1 aromatic heterocycles. The highest BCUT2D eigenvalue weighted by Crippen LogP contribution is 2.13. The topological polar surface area (TPSA) is 42.4 Å². The normalized spacial score (nSPS) is 10.6. The molecule has 0 spiro atoms. The Hall–Kier alpha value is -1.42. The van der Waals surface area contributed by atoms with Gasteiger partial charge in [0.2, 0.25) is 5.88 Å². The molecule has 0 unspecified atom stereocenters. The standard InChI is InChI=1S/C12H18N2O2/c1-9-7-10(8-12(13-9)16-4)11(15)5-6-14(2)3/h7-8H,5-6H2,1-4H3. The molecule has 4 heteroatoms. The summed E-state index contributed by atoms with van der Waals surface area (Å²) in [6, 6.07) is 3.48. The Balaban J connectivity index is 2.78. The maximum atomic E-state index is 11.9. The van der Waals surface area contributed by atoms with Gasteiger partial charge in [0, 0.05) is 30.3 Å². The van der Waals surface area contributed by atoms with E-state index in [9.17, 15) is 4.79 Å². The average molecular weight is 222 g/mol. The number of aryl methyl sites for hydroxylation is 1. The van der Waals surface area contributed by atoms with E-state index >= 15 is 0 Å². The van der Waals surface area contributed by atoms with E-state index in [2.05, 4.69) is 4.98 Å². The minimum atomic E-state index is 0.123. The monoisotopic (exact) mass is 222 g/mol. The zero-order valence-electron chi connectivity index (χ0n) is 10.3. The smallest absolute Gasteiger partial charge is 0.213 e. The van der Waals surface area contributed by atoms with Crippen LogP contribution in [0.15, 0.2) is 12.1 Å². The summed E-state index contributed by atoms with van der Waals surface area (Å²) >= 11 is 0. The number of hydrogen-bond acceptors (Lipinski definition) is 4. The lowest BCUT2D eigenvalue weighted by Gasteiger charge is -2.09. The highest BCUT2D eigenvalue weighted by molar-refractivity contribution is 5.96. The van der Waals surface area contributed by atoms with Crippen LogP contribution in [0, 0.1) is 6.92 Å². The van der Waals surface area contributed by atoms with E-state index < -0.39 is 0 Å². The Morgan fingerprint density at radius 2 is 2.12 bits per heavy atom. The molecule has 1 aromatic rings. The molecule has 88 valence electrons. The van der Waals surface area contributed by atoms with Crippen molar-refractivity contribution in [3.05, 3.63) is 23.4 Å². The lowest BCUT2D eigenvalue weighted by atomic mass is 10.1. The van der Waals surface area contributed by atoms with Crippen LogP contribution >= 0.6 is 0 Å². The number of methoxy groups -OCH3 is 1. The number of carbonyl (C=O) groups is 1. The number of Topliss-reactive ketones (excluding diaryl/α,β-unsaturated/α-hetero) is 1. The number of hydrogen-bond donors (Lipinski definition) is 0. The molecule has 0 aliphatic rings. The first-order valence-electron chi connectivity index (χ1n) is 5.23. The highest BCUT2D eigenvalue weighted by atomic mass is 16.5. The second-order valence-electron chi connectivity index (χ2n) is 4.02. The lowest BCUT2D eigenvalue weighted by molar-refractivity contribution is 0.0972. The number of nitrogens with zero attached hydrogens (tertiary/aromatic N) is 2. The van der Waals surface area contributed by atoms with Crippen LogP contribution in [-0.2, 0) is 0 Å². The van der Waals surface area contributed by atoms with Crippen LogP contribution in [-0.4, -0.2) is 43.4 Å². The molecule has 0 N–H and O–H groups in total. The SMILES string of the molecule is COc1cc(C(=O)CCN(C)C)cc(C)n1. The van der Waals surface area contributed by atoms with Crippen LogP contribution in [0.1, 0.15) is 22.5 Å². The Bertz CT molecular complexity index is 375. The number of rotatable bonds is 5. The van der Waals surface area contributed by atoms with Gasteiger partial charge in [-0.05, 0) is 27.1 Å². The van der Waals surface area contributed by atoms with Crippen molar-refractivity contribution in [3.63, 3.8) is 0 Å². The van der Waals surface area contributed by atoms with E-state index in [1.165, 1.54) is 0 Å². The molecule has 0 amide bonds. The van der Waals surface area contributed by atoms with Gasteiger partial charge in [0.1, 0.15) is 0 Å². The molecule has 0 atom stereocenters. The Morgan fingerprint density at radius 1 is 1.44 bits per heavy atom. The Kier molecular flexibility index (Phi) is 4.43. The summed E-state index contributed by atoms with van der Waals surface area (Å²) in [4.78, 5) is 18.0. The summed E-state index contributed by atoms with van der Waals surface area (Å²) in [5.41, 5.74) is 1.47. The first-order chi connectivity index (χ1) is 7.52. The van der Waals surface area contributed by atoms with Gasteiger partial charge in [0.25, 0.3) is 0 Å². The van der Waals surface area contributed by atoms with E-state index in [0.717, 1.165) is 12.2 Å². The minimum absolute atomic E-state index is 0.123. The fourth-order valence-corrected chi connectivity index (χ4v) is 1.37. The molecular formula is C12H18N2O2. The zero-order chi connectivity index (χ0) is 12.1. The van der Waals surface area contributed by atoms with Gasteiger partial charge in [-0.25, -0.2) is 4.98 Å². The maximum absolute atomic E-state index is 11.9. The van der Waals surface area contributed by atoms with Crippen molar-refractivity contribution in [1.29, 1.82) is 0 Å². The second kappa shape index (κ2) is 5.61. The molecule has 1 rings (SSSR count). The molecule has 0 bridgehead atoms. The summed E-state index contributed by atoms with van der Waals surface area (Å²) in [6.45, 7) is 2.60. The maximum Gasteiger partial charge on any atom is 0.213 e. The van der Waals surface area contributed by atoms with Crippen LogP contribution in [0.4, 0.5) is 0 Å². The van der Waals surface area contributed by atoms with Gasteiger partial charge < -0.3 is 9.64 Å². The van der Waals surface area contributed by atoms with Crippen LogP contribution in [0.2, 0.25) is 0 Å². The summed E-state index contributed by atoms with van der Waals surface area (Å²) in [5, 5.41) is 0. The molecule has 0 aliphatic carbocycles. The molecule has 0 aliphatic heterocycles. The predicted molar refractivity (Wildman–Crippen MR) is 63.0 cm³/mol. The number of ether oxygens (including phenoxy) is 1. The Labute approximate surface area is 96.2 Å². The van der Waals surface area contributed by atoms with Crippen molar-refractivity contribution in [1.82, 2.24) is 9.88 Å². The number of carbonyl (C=O) groups excluding carboxylic acids is 1. The first-order valence-corrected chi connectivity index (χ1v) is 5.23. The fraction of sp³-hybridized carbons (Fsp3) is 0.500. The molecule has 0 saturated carbocycles. The van der Waals surface area contributed by atoms with Crippen molar-refractivity contribution < 1.29 is 9.53 Å². The highest BCUT2D eigenvalue weighted by Gasteiger charge is 2.09. The van der Waals surface area contributed by atoms with E-state index in [1.54, 1.807) is 19.2 Å². The molecule has 4 nitrogen and oxygen atoms in total. The van der Waals surface area contributed by atoms with Crippen molar-refractivity contribution in [3.8, 4) is 5.88 Å². The van der Waals surface area contributed by atoms with E-state index in [0.29, 0.717) is 17.9 Å². The molecule has 16 heavy (non-hydrogen) atoms. The Morgan fingerprint density at radius 3 is 2.69 bits per heavy atom. The molecule has 0 aromatic carbocycles. The summed E-state index contributed by atoms with van der Waals surface area (Å²) in [7, 11) is 5.45. The largest absolute Gasteiger partial charge is 0.481 e. The number of aromatic nitrogens is 1. The molecule has 0 saturated heterocycles. The quantitative estimate of drug-likeness (QED) is 0.709. The third-order valence-electron chi connectivity index (χ3n) is 2.25. The van der Waals surface area contributed by atoms with Gasteiger partial charge in [0.15, 0.2) is 5.78 Å². The lowest BCUT2D eigenvalue weighted by Crippen LogP contribution is -2.16. The van der Waals surface area contributed by atoms with Crippen molar-refractivity contribution in [2.24, 2.45) is 0 Å². The van der Waals surface area contributed by atoms with Gasteiger partial charge in [0.05, 0.1) is 7.11 Å². The van der Waals surface area contributed by atoms with Crippen LogP contribution < -0.4 is 4.74 Å². The second-order valence-corrected chi connectivity index (χ2v) is 4.02. The minimum Gasteiger partial charge on any atom is -0.481 e. The summed E-state index contributed by atoms with van der Waals surface area (Å²) in [6.07, 6.45) is 0.513. The van der Waals surface area contributed by atoms with Gasteiger partial charge in [-0.1, -0.05) is 0 Å². The molecular weight excluding hydrogens is 204 g/mol. The third kappa shape index (κ3) is 3.62. The predicted octanol–water partition coefficient (Wildman–Crippen LogP) is 1.53. The van der Waals surface area contributed by atoms with Gasteiger partial charge >= 0.3 is 0 Å². The van der Waals surface area contributed by atoms with Gasteiger partial charge in [-0.3, -0.25) is 4.79 Å². The van der Waals surface area contributed by atoms with Gasteiger partial charge in [-0.15, -0.1) is 0 Å². The van der Waals surface area contributed by atoms with Crippen molar-refractivity contribution in [2.45, 2.75) is 13.3 Å². The van der Waals surface area contributed by atoms with Crippen LogP contribution in [0.5, 0.6) is 5.88 Å². The summed E-state index contributed by atoms with van der Waals surface area (Å²) in [5.74, 6) is 0.616. The van der Waals surface area contributed by atoms with Crippen LogP contribution in [0.3, 0.4) is 0 Å². The number of pyridine rings is 1. The molecule has 0 radical (unpaired) electrons. The average Bonchev–Trinajstić information content (AvgIpc) is 2.24. The fourth-order valence-electron chi connectivity index (χ4n) is 1.37. The zero-order valence-corrected chi connectivity index (χ0v) is 10.3. The first kappa shape index (κ1) is 12.6. The van der Waals surface area contributed by atoms with E-state index in [1.807, 2.05) is 25.9 Å². The number of ketones is 1. The van der Waals surface area contributed by atoms with E-state index in [4.69, 9.17) is 4.74 Å². The summed E-state index contributed by atoms with van der Waals surface area (Å²) < 4.78 is 5.04. The third-order valence-corrected chi connectivity index (χ3v) is 2.25. The van der Waals surface area contributed by atoms with Crippen molar-refractivity contribution >= 4 is 5.78 Å². The molecule has 1 heterocycles. The van der Waals surface area contributed by atoms with E-state index in [-0.39, 0.29) is 5.78 Å². The van der Waals surface area contributed by atoms with Crippen molar-refractivity contribution in [2.75, 3.05) is 27.7 Å².